The number of halogens is 1. The van der Waals surface area contributed by atoms with Gasteiger partial charge in [-0.25, -0.2) is 0 Å². The number of carbonyl (C=O) groups excluding carboxylic acids is 1. The Hall–Kier alpha value is -1.02. The van der Waals surface area contributed by atoms with Crippen molar-refractivity contribution in [2.75, 3.05) is 7.11 Å². The van der Waals surface area contributed by atoms with Gasteiger partial charge in [0.15, 0.2) is 0 Å². The zero-order valence-electron chi connectivity index (χ0n) is 12.0. The molecule has 1 saturated carbocycles. The number of ether oxygens (including phenoxy) is 1. The van der Waals surface area contributed by atoms with Crippen LogP contribution in [0, 0.1) is 11.8 Å². The molecule has 1 aromatic rings. The number of hydrogen-bond acceptors (Lipinski definition) is 2. The average molecular weight is 293 g/mol. The Morgan fingerprint density at radius 2 is 2.00 bits per heavy atom. The molecule has 0 radical (unpaired) electrons. The summed E-state index contributed by atoms with van der Waals surface area (Å²) in [5.41, 5.74) is 4.17. The van der Waals surface area contributed by atoms with E-state index in [0.717, 1.165) is 24.3 Å². The summed E-state index contributed by atoms with van der Waals surface area (Å²) >= 11 is 6.40. The van der Waals surface area contributed by atoms with E-state index in [1.54, 1.807) is 0 Å². The Kier molecular flexibility index (Phi) is 4.02. The maximum Gasteiger partial charge on any atom is 0.308 e. The molecular weight excluding hydrogens is 272 g/mol. The summed E-state index contributed by atoms with van der Waals surface area (Å²) in [6.45, 7) is 0. The molecule has 2 unspecified atom stereocenters. The van der Waals surface area contributed by atoms with Gasteiger partial charge in [0, 0.05) is 5.02 Å². The Bertz CT molecular complexity index is 524. The highest BCUT2D eigenvalue weighted by Gasteiger charge is 2.43. The highest BCUT2D eigenvalue weighted by molar-refractivity contribution is 6.31. The van der Waals surface area contributed by atoms with Crippen LogP contribution in [0.2, 0.25) is 5.02 Å². The fourth-order valence-corrected chi connectivity index (χ4v) is 3.63. The third-order valence-corrected chi connectivity index (χ3v) is 5.07. The van der Waals surface area contributed by atoms with Gasteiger partial charge in [0.2, 0.25) is 0 Å². The van der Waals surface area contributed by atoms with Crippen molar-refractivity contribution in [1.29, 1.82) is 0 Å². The van der Waals surface area contributed by atoms with E-state index in [-0.39, 0.29) is 11.9 Å². The Morgan fingerprint density at radius 1 is 1.30 bits per heavy atom. The van der Waals surface area contributed by atoms with Crippen LogP contribution in [0.5, 0.6) is 0 Å². The summed E-state index contributed by atoms with van der Waals surface area (Å²) in [6.07, 6.45) is 7.93. The molecule has 20 heavy (non-hydrogen) atoms. The van der Waals surface area contributed by atoms with E-state index < -0.39 is 0 Å². The minimum absolute atomic E-state index is 0.0495. The van der Waals surface area contributed by atoms with Crippen LogP contribution < -0.4 is 0 Å². The summed E-state index contributed by atoms with van der Waals surface area (Å²) in [5.74, 6) is 0.581. The normalized spacial score (nSPS) is 24.1. The Balaban J connectivity index is 1.62. The molecule has 108 valence electrons. The van der Waals surface area contributed by atoms with Crippen molar-refractivity contribution in [2.45, 2.75) is 44.9 Å². The molecule has 3 heteroatoms. The molecule has 0 aliphatic heterocycles. The minimum atomic E-state index is -0.0495. The van der Waals surface area contributed by atoms with Crippen LogP contribution in [0.25, 0.3) is 0 Å². The Labute approximate surface area is 125 Å². The van der Waals surface area contributed by atoms with E-state index in [1.165, 1.54) is 49.5 Å². The maximum atomic E-state index is 11.4. The maximum absolute atomic E-state index is 11.4. The third kappa shape index (κ3) is 2.85. The second-order valence-corrected chi connectivity index (χ2v) is 6.49. The largest absolute Gasteiger partial charge is 0.469 e. The van der Waals surface area contributed by atoms with Crippen LogP contribution >= 0.6 is 11.6 Å². The highest BCUT2D eigenvalue weighted by atomic mass is 35.5. The minimum Gasteiger partial charge on any atom is -0.469 e. The molecule has 2 aliphatic carbocycles. The highest BCUT2D eigenvalue weighted by Crippen LogP contribution is 2.43. The molecule has 2 atom stereocenters. The standard InChI is InChI=1S/C17H21ClO2/c1-20-17(19)15-9-13(15)6-7-14-8-11-4-2-3-5-12(11)10-16(14)18/h8,10,13,15H,2-7,9H2,1H3. The second kappa shape index (κ2) is 5.77. The molecule has 2 aliphatic rings. The molecule has 0 N–H and O–H groups in total. The molecule has 3 rings (SSSR count). The summed E-state index contributed by atoms with van der Waals surface area (Å²) in [5, 5.41) is 0.904. The lowest BCUT2D eigenvalue weighted by Gasteiger charge is -2.18. The van der Waals surface area contributed by atoms with E-state index in [9.17, 15) is 4.79 Å². The first kappa shape index (κ1) is 13.9. The predicted molar refractivity (Wildman–Crippen MR) is 80.0 cm³/mol. The summed E-state index contributed by atoms with van der Waals surface area (Å²) in [6, 6.07) is 4.46. The van der Waals surface area contributed by atoms with Gasteiger partial charge in [-0.2, -0.15) is 0 Å². The van der Waals surface area contributed by atoms with Crippen molar-refractivity contribution in [3.05, 3.63) is 33.8 Å². The van der Waals surface area contributed by atoms with Crippen LogP contribution in [-0.4, -0.2) is 13.1 Å². The average Bonchev–Trinajstić information content (AvgIpc) is 3.24. The number of benzene rings is 1. The number of rotatable bonds is 4. The molecule has 1 fully saturated rings. The van der Waals surface area contributed by atoms with Crippen molar-refractivity contribution in [2.24, 2.45) is 11.8 Å². The van der Waals surface area contributed by atoms with Gasteiger partial charge >= 0.3 is 5.97 Å². The quantitative estimate of drug-likeness (QED) is 0.785. The van der Waals surface area contributed by atoms with Crippen molar-refractivity contribution < 1.29 is 9.53 Å². The van der Waals surface area contributed by atoms with Gasteiger partial charge in [-0.3, -0.25) is 4.79 Å². The Morgan fingerprint density at radius 3 is 2.70 bits per heavy atom. The fourth-order valence-electron chi connectivity index (χ4n) is 3.35. The smallest absolute Gasteiger partial charge is 0.308 e. The lowest BCUT2D eigenvalue weighted by atomic mass is 9.89. The molecule has 0 bridgehead atoms. The number of esters is 1. The van der Waals surface area contributed by atoms with Crippen LogP contribution in [0.15, 0.2) is 12.1 Å². The topological polar surface area (TPSA) is 26.3 Å². The monoisotopic (exact) mass is 292 g/mol. The summed E-state index contributed by atoms with van der Waals surface area (Å²) in [7, 11) is 1.47. The number of carbonyl (C=O) groups is 1. The molecule has 1 aromatic carbocycles. The number of hydrogen-bond donors (Lipinski definition) is 0. The first-order valence-corrected chi connectivity index (χ1v) is 7.95. The summed E-state index contributed by atoms with van der Waals surface area (Å²) < 4.78 is 4.79. The number of aryl methyl sites for hydroxylation is 3. The molecule has 0 heterocycles. The first-order valence-electron chi connectivity index (χ1n) is 7.57. The number of fused-ring (bicyclic) bond motifs is 1. The van der Waals surface area contributed by atoms with Crippen LogP contribution in [0.1, 0.15) is 42.4 Å². The molecule has 0 spiro atoms. The van der Waals surface area contributed by atoms with Gasteiger partial charge < -0.3 is 4.74 Å². The van der Waals surface area contributed by atoms with Gasteiger partial charge in [0.1, 0.15) is 0 Å². The molecule has 0 saturated heterocycles. The van der Waals surface area contributed by atoms with Gasteiger partial charge in [-0.05, 0) is 73.6 Å². The molecule has 0 aromatic heterocycles. The SMILES string of the molecule is COC(=O)C1CC1CCc1cc2c(cc1Cl)CCCC2. The van der Waals surface area contributed by atoms with E-state index in [0.29, 0.717) is 5.92 Å². The van der Waals surface area contributed by atoms with Crippen molar-refractivity contribution >= 4 is 17.6 Å². The zero-order valence-corrected chi connectivity index (χ0v) is 12.7. The first-order chi connectivity index (χ1) is 9.69. The molecule has 0 amide bonds. The van der Waals surface area contributed by atoms with E-state index in [1.807, 2.05) is 0 Å². The van der Waals surface area contributed by atoms with Crippen molar-refractivity contribution in [3.8, 4) is 0 Å². The molecular formula is C17H21ClO2. The van der Waals surface area contributed by atoms with Gasteiger partial charge in [-0.15, -0.1) is 0 Å². The van der Waals surface area contributed by atoms with Crippen LogP contribution in [-0.2, 0) is 28.8 Å². The van der Waals surface area contributed by atoms with Crippen LogP contribution in [0.3, 0.4) is 0 Å². The van der Waals surface area contributed by atoms with E-state index >= 15 is 0 Å². The van der Waals surface area contributed by atoms with E-state index in [4.69, 9.17) is 16.3 Å². The van der Waals surface area contributed by atoms with Crippen molar-refractivity contribution in [1.82, 2.24) is 0 Å². The zero-order chi connectivity index (χ0) is 14.1. The third-order valence-electron chi connectivity index (χ3n) is 4.72. The predicted octanol–water partition coefficient (Wildman–Crippen LogP) is 3.96. The number of methoxy groups -OCH3 is 1. The van der Waals surface area contributed by atoms with Gasteiger partial charge in [0.05, 0.1) is 13.0 Å². The lowest BCUT2D eigenvalue weighted by Crippen LogP contribution is -2.06. The summed E-state index contributed by atoms with van der Waals surface area (Å²) in [4.78, 5) is 11.4. The molecule has 2 nitrogen and oxygen atoms in total. The fraction of sp³-hybridized carbons (Fsp3) is 0.588. The van der Waals surface area contributed by atoms with Gasteiger partial charge in [-0.1, -0.05) is 17.7 Å². The van der Waals surface area contributed by atoms with Crippen LogP contribution in [0.4, 0.5) is 0 Å². The van der Waals surface area contributed by atoms with Crippen molar-refractivity contribution in [3.63, 3.8) is 0 Å². The van der Waals surface area contributed by atoms with E-state index in [2.05, 4.69) is 12.1 Å². The van der Waals surface area contributed by atoms with Gasteiger partial charge in [0.25, 0.3) is 0 Å². The second-order valence-electron chi connectivity index (χ2n) is 6.08. The lowest BCUT2D eigenvalue weighted by molar-refractivity contribution is -0.142.